The largest absolute Gasteiger partial charge is 0.478 e. The van der Waals surface area contributed by atoms with Crippen LogP contribution in [0.15, 0.2) is 18.2 Å². The number of amides is 1. The van der Waals surface area contributed by atoms with Crippen LogP contribution >= 0.6 is 0 Å². The van der Waals surface area contributed by atoms with Gasteiger partial charge in [-0.1, -0.05) is 6.92 Å². The normalized spacial score (nSPS) is 11.7. The van der Waals surface area contributed by atoms with Crippen molar-refractivity contribution in [2.75, 3.05) is 6.54 Å². The summed E-state index contributed by atoms with van der Waals surface area (Å²) in [4.78, 5) is 22.2. The summed E-state index contributed by atoms with van der Waals surface area (Å²) in [5.74, 6) is -2.53. The van der Waals surface area contributed by atoms with E-state index < -0.39 is 17.9 Å². The number of nitrogens with one attached hydrogen (secondary N) is 1. The van der Waals surface area contributed by atoms with E-state index in [2.05, 4.69) is 5.32 Å². The monoisotopic (exact) mass is 269 g/mol. The van der Waals surface area contributed by atoms with Crippen LogP contribution in [-0.4, -0.2) is 29.6 Å². The number of hydrogen-bond donors (Lipinski definition) is 2. The molecule has 0 fully saturated rings. The number of rotatable bonds is 6. The molecular weight excluding hydrogens is 253 g/mol. The molecule has 0 heterocycles. The van der Waals surface area contributed by atoms with Crippen LogP contribution in [0.5, 0.6) is 5.75 Å². The third-order valence-electron chi connectivity index (χ3n) is 2.40. The number of carboxylic acid groups (broad SMARTS) is 1. The molecule has 1 aromatic carbocycles. The van der Waals surface area contributed by atoms with Crippen molar-refractivity contribution in [3.8, 4) is 5.75 Å². The van der Waals surface area contributed by atoms with Gasteiger partial charge in [-0.2, -0.15) is 0 Å². The van der Waals surface area contributed by atoms with Crippen LogP contribution in [0.2, 0.25) is 0 Å². The van der Waals surface area contributed by atoms with Gasteiger partial charge in [-0.3, -0.25) is 4.79 Å². The Balaban J connectivity index is 2.71. The second-order valence-electron chi connectivity index (χ2n) is 4.00. The van der Waals surface area contributed by atoms with Crippen molar-refractivity contribution in [3.63, 3.8) is 0 Å². The van der Waals surface area contributed by atoms with Crippen molar-refractivity contribution in [1.29, 1.82) is 0 Å². The highest BCUT2D eigenvalue weighted by Gasteiger charge is 2.17. The zero-order valence-electron chi connectivity index (χ0n) is 10.8. The standard InChI is InChI=1S/C13H16FNO4/c1-3-6-15-12(16)8(2)19-11-5-4-9(13(17)18)7-10(11)14/h4-5,7-8H,3,6H2,1-2H3,(H,15,16)(H,17,18). The first kappa shape index (κ1) is 14.9. The Kier molecular flexibility index (Phi) is 5.29. The molecule has 1 unspecified atom stereocenters. The summed E-state index contributed by atoms with van der Waals surface area (Å²) in [5, 5.41) is 11.3. The molecule has 0 aromatic heterocycles. The molecule has 104 valence electrons. The molecule has 0 aliphatic rings. The third kappa shape index (κ3) is 4.24. The number of hydrogen-bond acceptors (Lipinski definition) is 3. The highest BCUT2D eigenvalue weighted by molar-refractivity contribution is 5.87. The van der Waals surface area contributed by atoms with Crippen LogP contribution in [0, 0.1) is 5.82 Å². The van der Waals surface area contributed by atoms with Gasteiger partial charge in [-0.15, -0.1) is 0 Å². The van der Waals surface area contributed by atoms with Crippen LogP contribution in [0.25, 0.3) is 0 Å². The summed E-state index contributed by atoms with van der Waals surface area (Å²) in [6.45, 7) is 3.93. The van der Waals surface area contributed by atoms with E-state index in [1.54, 1.807) is 0 Å². The highest BCUT2D eigenvalue weighted by atomic mass is 19.1. The molecule has 0 spiro atoms. The molecule has 1 aromatic rings. The zero-order chi connectivity index (χ0) is 14.4. The van der Waals surface area contributed by atoms with Crippen LogP contribution in [0.1, 0.15) is 30.6 Å². The van der Waals surface area contributed by atoms with E-state index >= 15 is 0 Å². The molecule has 0 radical (unpaired) electrons. The molecule has 0 bridgehead atoms. The maximum absolute atomic E-state index is 13.6. The lowest BCUT2D eigenvalue weighted by Gasteiger charge is -2.15. The first-order chi connectivity index (χ1) is 8.95. The van der Waals surface area contributed by atoms with Gasteiger partial charge >= 0.3 is 5.97 Å². The van der Waals surface area contributed by atoms with Gasteiger partial charge in [-0.25, -0.2) is 9.18 Å². The lowest BCUT2D eigenvalue weighted by molar-refractivity contribution is -0.127. The fourth-order valence-corrected chi connectivity index (χ4v) is 1.37. The van der Waals surface area contributed by atoms with Crippen molar-refractivity contribution in [2.45, 2.75) is 26.4 Å². The smallest absolute Gasteiger partial charge is 0.335 e. The van der Waals surface area contributed by atoms with Crippen molar-refractivity contribution >= 4 is 11.9 Å². The summed E-state index contributed by atoms with van der Waals surface area (Å²) < 4.78 is 18.7. The quantitative estimate of drug-likeness (QED) is 0.826. The van der Waals surface area contributed by atoms with E-state index in [9.17, 15) is 14.0 Å². The van der Waals surface area contributed by atoms with Crippen molar-refractivity contribution in [1.82, 2.24) is 5.32 Å². The minimum atomic E-state index is -1.22. The third-order valence-corrected chi connectivity index (χ3v) is 2.40. The topological polar surface area (TPSA) is 75.6 Å². The molecule has 0 saturated heterocycles. The van der Waals surface area contributed by atoms with E-state index in [-0.39, 0.29) is 17.2 Å². The molecular formula is C13H16FNO4. The maximum atomic E-state index is 13.6. The van der Waals surface area contributed by atoms with Crippen LogP contribution in [-0.2, 0) is 4.79 Å². The van der Waals surface area contributed by atoms with E-state index in [0.29, 0.717) is 6.54 Å². The van der Waals surface area contributed by atoms with Crippen molar-refractivity contribution < 1.29 is 23.8 Å². The summed E-state index contributed by atoms with van der Waals surface area (Å²) in [6.07, 6.45) is -0.0585. The number of carbonyl (C=O) groups excluding carboxylic acids is 1. The Labute approximate surface area is 110 Å². The van der Waals surface area contributed by atoms with Gasteiger partial charge < -0.3 is 15.2 Å². The fraction of sp³-hybridized carbons (Fsp3) is 0.385. The molecule has 1 amide bonds. The number of halogens is 1. The maximum Gasteiger partial charge on any atom is 0.335 e. The second kappa shape index (κ2) is 6.72. The molecule has 2 N–H and O–H groups in total. The van der Waals surface area contributed by atoms with Crippen molar-refractivity contribution in [2.24, 2.45) is 0 Å². The Morgan fingerprint density at radius 1 is 1.47 bits per heavy atom. The molecule has 0 aliphatic carbocycles. The molecule has 6 heteroatoms. The number of ether oxygens (including phenoxy) is 1. The van der Waals surface area contributed by atoms with Crippen LogP contribution in [0.3, 0.4) is 0 Å². The number of aromatic carboxylic acids is 1. The second-order valence-corrected chi connectivity index (χ2v) is 4.00. The molecule has 0 aliphatic heterocycles. The van der Waals surface area contributed by atoms with Crippen molar-refractivity contribution in [3.05, 3.63) is 29.6 Å². The van der Waals surface area contributed by atoms with Gasteiger partial charge in [0.1, 0.15) is 0 Å². The first-order valence-corrected chi connectivity index (χ1v) is 5.93. The summed E-state index contributed by atoms with van der Waals surface area (Å²) >= 11 is 0. The van der Waals surface area contributed by atoms with Gasteiger partial charge in [-0.05, 0) is 31.5 Å². The van der Waals surface area contributed by atoms with Gasteiger partial charge in [0.15, 0.2) is 17.7 Å². The average molecular weight is 269 g/mol. The Hall–Kier alpha value is -2.11. The van der Waals surface area contributed by atoms with E-state index in [4.69, 9.17) is 9.84 Å². The Morgan fingerprint density at radius 2 is 2.16 bits per heavy atom. The molecule has 0 saturated carbocycles. The van der Waals surface area contributed by atoms with E-state index in [1.165, 1.54) is 19.1 Å². The van der Waals surface area contributed by atoms with Gasteiger partial charge in [0, 0.05) is 6.54 Å². The Bertz CT molecular complexity index is 476. The summed E-state index contributed by atoms with van der Waals surface area (Å²) in [7, 11) is 0. The molecule has 19 heavy (non-hydrogen) atoms. The fourth-order valence-electron chi connectivity index (χ4n) is 1.37. The lowest BCUT2D eigenvalue weighted by Crippen LogP contribution is -2.36. The molecule has 5 nitrogen and oxygen atoms in total. The van der Waals surface area contributed by atoms with Gasteiger partial charge in [0.2, 0.25) is 0 Å². The minimum Gasteiger partial charge on any atom is -0.478 e. The highest BCUT2D eigenvalue weighted by Crippen LogP contribution is 2.19. The average Bonchev–Trinajstić information content (AvgIpc) is 2.37. The minimum absolute atomic E-state index is 0.149. The molecule has 1 rings (SSSR count). The zero-order valence-corrected chi connectivity index (χ0v) is 10.8. The Morgan fingerprint density at radius 3 is 2.68 bits per heavy atom. The van der Waals surface area contributed by atoms with Crippen LogP contribution in [0.4, 0.5) is 4.39 Å². The number of carbonyl (C=O) groups is 2. The number of benzene rings is 1. The van der Waals surface area contributed by atoms with E-state index in [1.807, 2.05) is 6.92 Å². The molecule has 1 atom stereocenters. The summed E-state index contributed by atoms with van der Waals surface area (Å²) in [5.41, 5.74) is -0.173. The lowest BCUT2D eigenvalue weighted by atomic mass is 10.2. The predicted octanol–water partition coefficient (Wildman–Crippen LogP) is 1.82. The van der Waals surface area contributed by atoms with Gasteiger partial charge in [0.05, 0.1) is 5.56 Å². The number of carboxylic acids is 1. The van der Waals surface area contributed by atoms with Gasteiger partial charge in [0.25, 0.3) is 5.91 Å². The van der Waals surface area contributed by atoms with E-state index in [0.717, 1.165) is 12.5 Å². The summed E-state index contributed by atoms with van der Waals surface area (Å²) in [6, 6.07) is 3.27. The SMILES string of the molecule is CCCNC(=O)C(C)Oc1ccc(C(=O)O)cc1F. The van der Waals surface area contributed by atoms with Crippen LogP contribution < -0.4 is 10.1 Å². The predicted molar refractivity (Wildman–Crippen MR) is 66.8 cm³/mol. The first-order valence-electron chi connectivity index (χ1n) is 5.93.